The van der Waals surface area contributed by atoms with Gasteiger partial charge in [0.15, 0.2) is 11.5 Å². The van der Waals surface area contributed by atoms with Crippen LogP contribution in [0.3, 0.4) is 0 Å². The molecule has 23 heavy (non-hydrogen) atoms. The average Bonchev–Trinajstić information content (AvgIpc) is 3.08. The van der Waals surface area contributed by atoms with Gasteiger partial charge in [-0.15, -0.1) is 23.1 Å². The fourth-order valence-electron chi connectivity index (χ4n) is 2.07. The Morgan fingerprint density at radius 2 is 2.04 bits per heavy atom. The minimum Gasteiger partial charge on any atom is -0.493 e. The van der Waals surface area contributed by atoms with E-state index in [4.69, 9.17) is 9.47 Å². The summed E-state index contributed by atoms with van der Waals surface area (Å²) in [6.45, 7) is 0.619. The number of amides is 1. The van der Waals surface area contributed by atoms with E-state index < -0.39 is 0 Å². The summed E-state index contributed by atoms with van der Waals surface area (Å²) in [4.78, 5) is 13.1. The molecule has 124 valence electrons. The van der Waals surface area contributed by atoms with Crippen LogP contribution in [0.15, 0.2) is 35.7 Å². The third-order valence-corrected chi connectivity index (χ3v) is 5.28. The number of ether oxygens (including phenoxy) is 2. The number of hydrogen-bond donors (Lipinski definition) is 1. The zero-order chi connectivity index (χ0) is 16.5. The van der Waals surface area contributed by atoms with Crippen molar-refractivity contribution in [3.63, 3.8) is 0 Å². The molecule has 0 fully saturated rings. The van der Waals surface area contributed by atoms with Crippen LogP contribution < -0.4 is 14.8 Å². The van der Waals surface area contributed by atoms with Crippen molar-refractivity contribution in [2.24, 2.45) is 0 Å². The summed E-state index contributed by atoms with van der Waals surface area (Å²) in [6.07, 6.45) is 0.766. The summed E-state index contributed by atoms with van der Waals surface area (Å²) in [6, 6.07) is 9.93. The van der Waals surface area contributed by atoms with Crippen molar-refractivity contribution in [3.8, 4) is 11.5 Å². The minimum atomic E-state index is 0.0760. The van der Waals surface area contributed by atoms with Crippen molar-refractivity contribution in [1.82, 2.24) is 5.32 Å². The number of carbonyl (C=O) groups is 1. The Kier molecular flexibility index (Phi) is 7.29. The number of carbonyl (C=O) groups excluding carboxylic acids is 1. The van der Waals surface area contributed by atoms with Crippen molar-refractivity contribution in [2.45, 2.75) is 12.2 Å². The highest BCUT2D eigenvalue weighted by molar-refractivity contribution is 7.99. The van der Waals surface area contributed by atoms with Gasteiger partial charge in [-0.3, -0.25) is 4.79 Å². The highest BCUT2D eigenvalue weighted by Gasteiger charge is 2.06. The SMILES string of the molecule is COc1ccc(CCNC(=O)CSCc2cccs2)cc1OC. The fraction of sp³-hybridized carbons (Fsp3) is 0.353. The molecule has 0 saturated carbocycles. The maximum Gasteiger partial charge on any atom is 0.230 e. The Hall–Kier alpha value is -1.66. The van der Waals surface area contributed by atoms with Gasteiger partial charge in [-0.1, -0.05) is 12.1 Å². The zero-order valence-electron chi connectivity index (χ0n) is 13.3. The van der Waals surface area contributed by atoms with E-state index in [1.165, 1.54) is 4.88 Å². The molecule has 0 saturated heterocycles. The lowest BCUT2D eigenvalue weighted by atomic mass is 10.1. The number of methoxy groups -OCH3 is 2. The summed E-state index contributed by atoms with van der Waals surface area (Å²) >= 11 is 3.36. The van der Waals surface area contributed by atoms with E-state index in [-0.39, 0.29) is 5.91 Å². The van der Waals surface area contributed by atoms with Crippen LogP contribution in [-0.2, 0) is 17.0 Å². The highest BCUT2D eigenvalue weighted by Crippen LogP contribution is 2.27. The van der Waals surface area contributed by atoms with E-state index in [9.17, 15) is 4.79 Å². The topological polar surface area (TPSA) is 47.6 Å². The summed E-state index contributed by atoms with van der Waals surface area (Å²) in [5.41, 5.74) is 1.11. The van der Waals surface area contributed by atoms with E-state index >= 15 is 0 Å². The normalized spacial score (nSPS) is 10.3. The molecule has 1 aromatic heterocycles. The van der Waals surface area contributed by atoms with Gasteiger partial charge in [0.25, 0.3) is 0 Å². The van der Waals surface area contributed by atoms with E-state index in [1.807, 2.05) is 24.3 Å². The number of rotatable bonds is 9. The smallest absolute Gasteiger partial charge is 0.230 e. The molecular formula is C17H21NO3S2. The van der Waals surface area contributed by atoms with Gasteiger partial charge in [-0.05, 0) is 35.6 Å². The Morgan fingerprint density at radius 1 is 1.22 bits per heavy atom. The number of thioether (sulfide) groups is 1. The van der Waals surface area contributed by atoms with Crippen LogP contribution in [0, 0.1) is 0 Å². The Bertz CT molecular complexity index is 614. The Balaban J connectivity index is 1.68. The second kappa shape index (κ2) is 9.47. The number of hydrogen-bond acceptors (Lipinski definition) is 5. The maximum absolute atomic E-state index is 11.8. The van der Waals surface area contributed by atoms with Gasteiger partial charge < -0.3 is 14.8 Å². The molecule has 2 aromatic rings. The summed E-state index contributed by atoms with van der Waals surface area (Å²) in [7, 11) is 3.24. The van der Waals surface area contributed by atoms with Crippen molar-refractivity contribution >= 4 is 29.0 Å². The molecule has 1 N–H and O–H groups in total. The zero-order valence-corrected chi connectivity index (χ0v) is 15.0. The standard InChI is InChI=1S/C17H21NO3S2/c1-20-15-6-5-13(10-16(15)21-2)7-8-18-17(19)12-22-11-14-4-3-9-23-14/h3-6,9-10H,7-8,11-12H2,1-2H3,(H,18,19). The summed E-state index contributed by atoms with van der Waals surface area (Å²) < 4.78 is 10.5. The first-order chi connectivity index (χ1) is 11.2. The molecule has 6 heteroatoms. The van der Waals surface area contributed by atoms with Gasteiger partial charge in [0, 0.05) is 17.2 Å². The first-order valence-corrected chi connectivity index (χ1v) is 9.34. The van der Waals surface area contributed by atoms with Crippen LogP contribution in [0.1, 0.15) is 10.4 Å². The van der Waals surface area contributed by atoms with Gasteiger partial charge in [-0.25, -0.2) is 0 Å². The van der Waals surface area contributed by atoms with E-state index in [2.05, 4.69) is 16.8 Å². The lowest BCUT2D eigenvalue weighted by molar-refractivity contribution is -0.118. The largest absolute Gasteiger partial charge is 0.493 e. The molecule has 0 aliphatic heterocycles. The molecule has 0 aliphatic carbocycles. The quantitative estimate of drug-likeness (QED) is 0.753. The van der Waals surface area contributed by atoms with Crippen molar-refractivity contribution < 1.29 is 14.3 Å². The molecule has 0 radical (unpaired) electrons. The van der Waals surface area contributed by atoms with Crippen LogP contribution in [0.25, 0.3) is 0 Å². The lowest BCUT2D eigenvalue weighted by Gasteiger charge is -2.10. The second-order valence-corrected chi connectivity index (χ2v) is 6.88. The molecule has 0 aliphatic rings. The summed E-state index contributed by atoms with van der Waals surface area (Å²) in [5.74, 6) is 2.88. The third-order valence-electron chi connectivity index (χ3n) is 3.24. The average molecular weight is 351 g/mol. The van der Waals surface area contributed by atoms with Crippen LogP contribution in [-0.4, -0.2) is 32.4 Å². The Morgan fingerprint density at radius 3 is 2.74 bits per heavy atom. The molecule has 0 spiro atoms. The molecule has 4 nitrogen and oxygen atoms in total. The first-order valence-electron chi connectivity index (χ1n) is 7.30. The van der Waals surface area contributed by atoms with Crippen LogP contribution in [0.4, 0.5) is 0 Å². The molecule has 0 atom stereocenters. The minimum absolute atomic E-state index is 0.0760. The lowest BCUT2D eigenvalue weighted by Crippen LogP contribution is -2.27. The third kappa shape index (κ3) is 5.80. The first kappa shape index (κ1) is 17.7. The van der Waals surface area contributed by atoms with Crippen LogP contribution >= 0.6 is 23.1 Å². The van der Waals surface area contributed by atoms with Gasteiger partial charge >= 0.3 is 0 Å². The van der Waals surface area contributed by atoms with E-state index in [0.717, 1.165) is 17.7 Å². The van der Waals surface area contributed by atoms with Gasteiger partial charge in [-0.2, -0.15) is 0 Å². The molecule has 1 heterocycles. The van der Waals surface area contributed by atoms with E-state index in [0.29, 0.717) is 23.8 Å². The molecule has 2 rings (SSSR count). The second-order valence-electron chi connectivity index (χ2n) is 4.86. The summed E-state index contributed by atoms with van der Waals surface area (Å²) in [5, 5.41) is 5.00. The Labute approximate surface area is 145 Å². The van der Waals surface area contributed by atoms with Crippen LogP contribution in [0.2, 0.25) is 0 Å². The molecule has 1 amide bonds. The number of nitrogens with one attached hydrogen (secondary N) is 1. The van der Waals surface area contributed by atoms with Gasteiger partial charge in [0.1, 0.15) is 0 Å². The van der Waals surface area contributed by atoms with Gasteiger partial charge in [0.2, 0.25) is 5.91 Å². The highest BCUT2D eigenvalue weighted by atomic mass is 32.2. The van der Waals surface area contributed by atoms with Crippen molar-refractivity contribution in [2.75, 3.05) is 26.5 Å². The van der Waals surface area contributed by atoms with Crippen molar-refractivity contribution in [1.29, 1.82) is 0 Å². The molecule has 0 unspecified atom stereocenters. The van der Waals surface area contributed by atoms with Crippen molar-refractivity contribution in [3.05, 3.63) is 46.2 Å². The monoisotopic (exact) mass is 351 g/mol. The number of thiophene rings is 1. The van der Waals surface area contributed by atoms with E-state index in [1.54, 1.807) is 37.3 Å². The predicted molar refractivity (Wildman–Crippen MR) is 96.7 cm³/mol. The van der Waals surface area contributed by atoms with Gasteiger partial charge in [0.05, 0.1) is 20.0 Å². The maximum atomic E-state index is 11.8. The number of benzene rings is 1. The predicted octanol–water partition coefficient (Wildman–Crippen LogP) is 3.36. The molecular weight excluding hydrogens is 330 g/mol. The molecule has 0 bridgehead atoms. The van der Waals surface area contributed by atoms with Crippen LogP contribution in [0.5, 0.6) is 11.5 Å². The fourth-order valence-corrected chi connectivity index (χ4v) is 3.77. The molecule has 1 aromatic carbocycles.